The molecule has 0 aliphatic heterocycles. The van der Waals surface area contributed by atoms with E-state index in [2.05, 4.69) is 15.5 Å². The van der Waals surface area contributed by atoms with Crippen LogP contribution in [0.2, 0.25) is 0 Å². The van der Waals surface area contributed by atoms with E-state index in [4.69, 9.17) is 4.74 Å². The fourth-order valence-electron chi connectivity index (χ4n) is 1.46. The van der Waals surface area contributed by atoms with Crippen molar-refractivity contribution in [1.82, 2.24) is 20.1 Å². The third-order valence-electron chi connectivity index (χ3n) is 2.38. The summed E-state index contributed by atoms with van der Waals surface area (Å²) in [5.41, 5.74) is 0. The van der Waals surface area contributed by atoms with Crippen molar-refractivity contribution >= 4 is 6.09 Å². The Labute approximate surface area is 105 Å². The van der Waals surface area contributed by atoms with Crippen molar-refractivity contribution in [3.05, 3.63) is 42.5 Å². The molecule has 2 rings (SSSR count). The van der Waals surface area contributed by atoms with Crippen molar-refractivity contribution in [3.8, 4) is 5.75 Å². The molecule has 0 saturated carbocycles. The first-order chi connectivity index (χ1) is 8.79. The SMILES string of the molecule is CCn1cnnc1CNC(=O)Oc1ccccc1. The van der Waals surface area contributed by atoms with Crippen LogP contribution in [0.4, 0.5) is 4.79 Å². The van der Waals surface area contributed by atoms with E-state index in [1.165, 1.54) is 0 Å². The van der Waals surface area contributed by atoms with E-state index >= 15 is 0 Å². The monoisotopic (exact) mass is 246 g/mol. The number of hydrogen-bond acceptors (Lipinski definition) is 4. The van der Waals surface area contributed by atoms with Gasteiger partial charge in [0.15, 0.2) is 5.82 Å². The van der Waals surface area contributed by atoms with Crippen LogP contribution in [0.1, 0.15) is 12.7 Å². The molecule has 0 aliphatic carbocycles. The second-order valence-corrected chi connectivity index (χ2v) is 3.59. The van der Waals surface area contributed by atoms with Gasteiger partial charge in [-0.3, -0.25) is 0 Å². The first-order valence-corrected chi connectivity index (χ1v) is 5.67. The minimum absolute atomic E-state index is 0.291. The Kier molecular flexibility index (Phi) is 3.90. The van der Waals surface area contributed by atoms with Crippen LogP contribution in [0.3, 0.4) is 0 Å². The Balaban J connectivity index is 1.85. The van der Waals surface area contributed by atoms with Gasteiger partial charge in [0.25, 0.3) is 0 Å². The Morgan fingerprint density at radius 3 is 2.89 bits per heavy atom. The Bertz CT molecular complexity index is 510. The molecule has 1 aromatic carbocycles. The van der Waals surface area contributed by atoms with Gasteiger partial charge in [0.2, 0.25) is 0 Å². The van der Waals surface area contributed by atoms with Crippen LogP contribution in [0.15, 0.2) is 36.7 Å². The molecule has 18 heavy (non-hydrogen) atoms. The predicted molar refractivity (Wildman–Crippen MR) is 65.0 cm³/mol. The highest BCUT2D eigenvalue weighted by atomic mass is 16.6. The molecule has 94 valence electrons. The highest BCUT2D eigenvalue weighted by molar-refractivity contribution is 5.70. The molecule has 6 heteroatoms. The van der Waals surface area contributed by atoms with Gasteiger partial charge in [-0.15, -0.1) is 10.2 Å². The average Bonchev–Trinajstić information content (AvgIpc) is 2.85. The number of benzene rings is 1. The lowest BCUT2D eigenvalue weighted by atomic mass is 10.3. The number of nitrogens with one attached hydrogen (secondary N) is 1. The Hall–Kier alpha value is -2.37. The number of aromatic nitrogens is 3. The van der Waals surface area contributed by atoms with Gasteiger partial charge >= 0.3 is 6.09 Å². The predicted octanol–water partition coefficient (Wildman–Crippen LogP) is 1.59. The van der Waals surface area contributed by atoms with Crippen LogP contribution < -0.4 is 10.1 Å². The normalized spacial score (nSPS) is 10.1. The van der Waals surface area contributed by atoms with Crippen LogP contribution in [-0.4, -0.2) is 20.9 Å². The standard InChI is InChI=1S/C12H14N4O2/c1-2-16-9-14-15-11(16)8-13-12(17)18-10-6-4-3-5-7-10/h3-7,9H,2,8H2,1H3,(H,13,17). The van der Waals surface area contributed by atoms with Gasteiger partial charge in [-0.2, -0.15) is 0 Å². The number of amides is 1. The van der Waals surface area contributed by atoms with Gasteiger partial charge in [-0.05, 0) is 19.1 Å². The maximum atomic E-state index is 11.5. The lowest BCUT2D eigenvalue weighted by Crippen LogP contribution is -2.27. The summed E-state index contributed by atoms with van der Waals surface area (Å²) in [6.07, 6.45) is 1.12. The molecule has 0 atom stereocenters. The summed E-state index contributed by atoms with van der Waals surface area (Å²) in [5.74, 6) is 1.20. The lowest BCUT2D eigenvalue weighted by Gasteiger charge is -2.06. The van der Waals surface area contributed by atoms with E-state index in [1.54, 1.807) is 30.6 Å². The van der Waals surface area contributed by atoms with Gasteiger partial charge in [0, 0.05) is 6.54 Å². The van der Waals surface area contributed by atoms with E-state index in [0.29, 0.717) is 18.1 Å². The van der Waals surface area contributed by atoms with Crippen molar-refractivity contribution < 1.29 is 9.53 Å². The summed E-state index contributed by atoms with van der Waals surface area (Å²) < 4.78 is 6.93. The number of para-hydroxylation sites is 1. The van der Waals surface area contributed by atoms with Crippen molar-refractivity contribution in [2.24, 2.45) is 0 Å². The molecule has 0 bridgehead atoms. The van der Waals surface area contributed by atoms with Gasteiger partial charge in [0.1, 0.15) is 12.1 Å². The number of nitrogens with zero attached hydrogens (tertiary/aromatic N) is 3. The Morgan fingerprint density at radius 2 is 2.17 bits per heavy atom. The first kappa shape index (κ1) is 12.1. The summed E-state index contributed by atoms with van der Waals surface area (Å²) in [7, 11) is 0. The maximum absolute atomic E-state index is 11.5. The second kappa shape index (κ2) is 5.81. The molecule has 0 fully saturated rings. The smallest absolute Gasteiger partial charge is 0.410 e. The van der Waals surface area contributed by atoms with Gasteiger partial charge in [-0.1, -0.05) is 18.2 Å². The van der Waals surface area contributed by atoms with E-state index in [9.17, 15) is 4.79 Å². The van der Waals surface area contributed by atoms with E-state index < -0.39 is 6.09 Å². The summed E-state index contributed by atoms with van der Waals surface area (Å²) in [6.45, 7) is 3.03. The zero-order chi connectivity index (χ0) is 12.8. The zero-order valence-electron chi connectivity index (χ0n) is 10.0. The molecule has 1 heterocycles. The van der Waals surface area contributed by atoms with Gasteiger partial charge in [0.05, 0.1) is 6.54 Å². The number of carbonyl (C=O) groups is 1. The minimum Gasteiger partial charge on any atom is -0.410 e. The van der Waals surface area contributed by atoms with E-state index in [1.807, 2.05) is 17.6 Å². The zero-order valence-corrected chi connectivity index (χ0v) is 10.0. The van der Waals surface area contributed by atoms with Crippen molar-refractivity contribution in [3.63, 3.8) is 0 Å². The average molecular weight is 246 g/mol. The number of ether oxygens (including phenoxy) is 1. The third kappa shape index (κ3) is 3.07. The summed E-state index contributed by atoms with van der Waals surface area (Å²) >= 11 is 0. The van der Waals surface area contributed by atoms with Crippen LogP contribution in [-0.2, 0) is 13.1 Å². The molecule has 1 amide bonds. The van der Waals surface area contributed by atoms with Crippen LogP contribution in [0.25, 0.3) is 0 Å². The molecule has 0 unspecified atom stereocenters. The van der Waals surface area contributed by atoms with Crippen LogP contribution >= 0.6 is 0 Å². The number of rotatable bonds is 4. The quantitative estimate of drug-likeness (QED) is 0.889. The van der Waals surface area contributed by atoms with E-state index in [-0.39, 0.29) is 0 Å². The first-order valence-electron chi connectivity index (χ1n) is 5.67. The molecule has 6 nitrogen and oxygen atoms in total. The van der Waals surface area contributed by atoms with Crippen molar-refractivity contribution in [1.29, 1.82) is 0 Å². The number of hydrogen-bond donors (Lipinski definition) is 1. The van der Waals surface area contributed by atoms with Gasteiger partial charge in [-0.25, -0.2) is 4.79 Å². The summed E-state index contributed by atoms with van der Waals surface area (Å²) in [6, 6.07) is 8.89. The second-order valence-electron chi connectivity index (χ2n) is 3.59. The molecule has 2 aromatic rings. The third-order valence-corrected chi connectivity index (χ3v) is 2.38. The molecular weight excluding hydrogens is 232 g/mol. The molecule has 0 aliphatic rings. The molecule has 1 aromatic heterocycles. The van der Waals surface area contributed by atoms with Crippen LogP contribution in [0, 0.1) is 0 Å². The molecular formula is C12H14N4O2. The topological polar surface area (TPSA) is 69.0 Å². The highest BCUT2D eigenvalue weighted by Crippen LogP contribution is 2.08. The molecule has 1 N–H and O–H groups in total. The van der Waals surface area contributed by atoms with Crippen molar-refractivity contribution in [2.75, 3.05) is 0 Å². The highest BCUT2D eigenvalue weighted by Gasteiger charge is 2.07. The lowest BCUT2D eigenvalue weighted by molar-refractivity contribution is 0.199. The van der Waals surface area contributed by atoms with Crippen molar-refractivity contribution in [2.45, 2.75) is 20.0 Å². The fourth-order valence-corrected chi connectivity index (χ4v) is 1.46. The maximum Gasteiger partial charge on any atom is 0.412 e. The largest absolute Gasteiger partial charge is 0.412 e. The van der Waals surface area contributed by atoms with Gasteiger partial charge < -0.3 is 14.6 Å². The van der Waals surface area contributed by atoms with Crippen LogP contribution in [0.5, 0.6) is 5.75 Å². The number of aryl methyl sites for hydroxylation is 1. The van der Waals surface area contributed by atoms with E-state index in [0.717, 1.165) is 6.54 Å². The molecule has 0 saturated heterocycles. The molecule has 0 spiro atoms. The summed E-state index contributed by atoms with van der Waals surface area (Å²) in [4.78, 5) is 11.5. The summed E-state index contributed by atoms with van der Waals surface area (Å²) in [5, 5.41) is 10.3. The number of carbonyl (C=O) groups excluding carboxylic acids is 1. The molecule has 0 radical (unpaired) electrons. The fraction of sp³-hybridized carbons (Fsp3) is 0.250. The minimum atomic E-state index is -0.508. The Morgan fingerprint density at radius 1 is 1.39 bits per heavy atom.